The Labute approximate surface area is 127 Å². The second-order valence-corrected chi connectivity index (χ2v) is 6.53. The maximum absolute atomic E-state index is 12.6. The van der Waals surface area contributed by atoms with E-state index in [1.54, 1.807) is 0 Å². The second kappa shape index (κ2) is 6.00. The van der Waals surface area contributed by atoms with Crippen molar-refractivity contribution in [3.63, 3.8) is 0 Å². The molecule has 0 amide bonds. The van der Waals surface area contributed by atoms with Crippen LogP contribution >= 0.6 is 0 Å². The first-order valence-corrected chi connectivity index (χ1v) is 6.71. The zero-order chi connectivity index (χ0) is 17.7. The number of nitrogens with zero attached hydrogens (tertiary/aromatic N) is 1. The topological polar surface area (TPSA) is 82.4 Å². The van der Waals surface area contributed by atoms with Gasteiger partial charge in [-0.05, 0) is 0 Å². The molecule has 0 spiro atoms. The van der Waals surface area contributed by atoms with E-state index in [0.717, 1.165) is 0 Å². The largest absolute Gasteiger partial charge is 1.00 e. The van der Waals surface area contributed by atoms with Crippen molar-refractivity contribution < 1.29 is 79.6 Å². The third-order valence-corrected chi connectivity index (χ3v) is 4.59. The van der Waals surface area contributed by atoms with E-state index < -0.39 is 42.9 Å². The zero-order valence-electron chi connectivity index (χ0n) is 9.68. The molecule has 0 aromatic heterocycles. The van der Waals surface area contributed by atoms with Gasteiger partial charge in [0.25, 0.3) is 0 Å². The maximum Gasteiger partial charge on any atom is 1.00 e. The Bertz CT molecular complexity index is 604. The predicted molar refractivity (Wildman–Crippen MR) is 43.2 cm³/mol. The van der Waals surface area contributed by atoms with Gasteiger partial charge in [-0.25, -0.2) is 16.8 Å². The molecule has 0 saturated carbocycles. The molecule has 0 atom stereocenters. The van der Waals surface area contributed by atoms with E-state index in [1.165, 1.54) is 0 Å². The van der Waals surface area contributed by atoms with Crippen LogP contribution in [0, 0.1) is 0 Å². The molecule has 0 unspecified atom stereocenters. The third-order valence-electron chi connectivity index (χ3n) is 1.53. The van der Waals surface area contributed by atoms with Crippen LogP contribution in [-0.4, -0.2) is 39.7 Å². The van der Waals surface area contributed by atoms with Gasteiger partial charge in [-0.15, -0.1) is 0 Å². The maximum atomic E-state index is 12.6. The summed E-state index contributed by atoms with van der Waals surface area (Å²) in [6.07, 6.45) is -7.21. The minimum absolute atomic E-state index is 0. The number of alkyl halides is 10. The monoisotopic (exact) mass is 387 g/mol. The van der Waals surface area contributed by atoms with Gasteiger partial charge in [-0.2, -0.15) is 43.9 Å². The average Bonchev–Trinajstić information content (AvgIpc) is 2.11. The van der Waals surface area contributed by atoms with E-state index in [9.17, 15) is 60.7 Å². The summed E-state index contributed by atoms with van der Waals surface area (Å²) < 4.78 is 161. The van der Waals surface area contributed by atoms with Crippen LogP contribution in [0.2, 0.25) is 0 Å². The molecule has 22 heavy (non-hydrogen) atoms. The number of halogens is 10. The van der Waals surface area contributed by atoms with Crippen molar-refractivity contribution >= 4 is 20.0 Å². The first-order valence-electron chi connectivity index (χ1n) is 3.83. The van der Waals surface area contributed by atoms with Gasteiger partial charge in [0.2, 0.25) is 0 Å². The van der Waals surface area contributed by atoms with Gasteiger partial charge in [0, 0.05) is 0 Å². The van der Waals surface area contributed by atoms with Crippen molar-refractivity contribution in [2.24, 2.45) is 0 Å². The summed E-state index contributed by atoms with van der Waals surface area (Å²) in [7, 11) is -15.0. The molecule has 0 N–H and O–H groups in total. The second-order valence-electron chi connectivity index (χ2n) is 3.06. The van der Waals surface area contributed by atoms with Crippen LogP contribution in [0.4, 0.5) is 43.9 Å². The van der Waals surface area contributed by atoms with Crippen molar-refractivity contribution in [2.75, 3.05) is 0 Å². The van der Waals surface area contributed by atoms with Crippen molar-refractivity contribution in [1.82, 2.24) is 0 Å². The van der Waals surface area contributed by atoms with Crippen LogP contribution in [0.25, 0.3) is 4.13 Å². The third kappa shape index (κ3) is 3.99. The van der Waals surface area contributed by atoms with E-state index in [1.807, 2.05) is 0 Å². The van der Waals surface area contributed by atoms with Crippen LogP contribution in [0.3, 0.4) is 0 Å². The SMILES string of the molecule is O=S(=O)([N-]S(=O)(=O)C(F)(F)C(F)(F)C(F)(F)F)C(F)(F)F.[Li+]. The van der Waals surface area contributed by atoms with E-state index in [0.29, 0.717) is 4.13 Å². The molecule has 0 aromatic rings. The minimum Gasteiger partial charge on any atom is -0.423 e. The number of hydrogen-bond donors (Lipinski definition) is 0. The zero-order valence-corrected chi connectivity index (χ0v) is 11.3. The molecule has 0 aliphatic rings. The molecule has 0 heterocycles. The number of rotatable bonds is 4. The summed E-state index contributed by atoms with van der Waals surface area (Å²) in [5.41, 5.74) is -6.61. The molecule has 5 nitrogen and oxygen atoms in total. The quantitative estimate of drug-likeness (QED) is 0.474. The molecule has 0 radical (unpaired) electrons. The predicted octanol–water partition coefficient (Wildman–Crippen LogP) is -0.666. The van der Waals surface area contributed by atoms with Crippen molar-refractivity contribution in [2.45, 2.75) is 22.9 Å². The van der Waals surface area contributed by atoms with Gasteiger partial charge >= 0.3 is 41.7 Å². The Balaban J connectivity index is 0. The molecule has 18 heteroatoms. The number of sulfonamides is 2. The van der Waals surface area contributed by atoms with Gasteiger partial charge in [0.05, 0.1) is 0 Å². The standard InChI is InChI=1S/C4F10NO4S2.Li/c5-1(6,2(7,8)9)3(10,11)20(16,17)15-21(18,19)4(12,13)14;/q-1;+1. The smallest absolute Gasteiger partial charge is 0.423 e. The Morgan fingerprint density at radius 3 is 1.18 bits per heavy atom. The van der Waals surface area contributed by atoms with E-state index in [2.05, 4.69) is 0 Å². The van der Waals surface area contributed by atoms with Gasteiger partial charge in [0.1, 0.15) is 0 Å². The van der Waals surface area contributed by atoms with E-state index in [-0.39, 0.29) is 18.9 Å². The molecule has 128 valence electrons. The Morgan fingerprint density at radius 1 is 0.636 bits per heavy atom. The molecule has 0 rings (SSSR count). The molecule has 0 saturated heterocycles. The van der Waals surface area contributed by atoms with Crippen molar-refractivity contribution in [3.8, 4) is 0 Å². The van der Waals surface area contributed by atoms with Crippen LogP contribution in [-0.2, 0) is 20.0 Å². The molecule has 0 aliphatic heterocycles. The Hall–Kier alpha value is -0.243. The normalized spacial score (nSPS) is 15.4. The van der Waals surface area contributed by atoms with Crippen molar-refractivity contribution in [1.29, 1.82) is 0 Å². The summed E-state index contributed by atoms with van der Waals surface area (Å²) in [5.74, 6) is -7.39. The summed E-state index contributed by atoms with van der Waals surface area (Å²) in [6, 6.07) is 0. The molecule has 0 bridgehead atoms. The van der Waals surface area contributed by atoms with E-state index >= 15 is 0 Å². The van der Waals surface area contributed by atoms with E-state index in [4.69, 9.17) is 0 Å². The van der Waals surface area contributed by atoms with Crippen LogP contribution < -0.4 is 18.9 Å². The number of hydrogen-bond acceptors (Lipinski definition) is 4. The van der Waals surface area contributed by atoms with Gasteiger partial charge in [0.15, 0.2) is 20.0 Å². The van der Waals surface area contributed by atoms with Crippen LogP contribution in [0.1, 0.15) is 0 Å². The molecular weight excluding hydrogens is 387 g/mol. The first kappa shape index (κ1) is 24.0. The van der Waals surface area contributed by atoms with Crippen LogP contribution in [0.5, 0.6) is 0 Å². The Kier molecular flexibility index (Phi) is 6.55. The van der Waals surface area contributed by atoms with Gasteiger partial charge in [-0.1, -0.05) is 0 Å². The summed E-state index contributed by atoms with van der Waals surface area (Å²) in [4.78, 5) is 0. The first-order chi connectivity index (χ1) is 8.71. The summed E-state index contributed by atoms with van der Waals surface area (Å²) in [5, 5.41) is -7.28. The molecule has 0 fully saturated rings. The van der Waals surface area contributed by atoms with Crippen LogP contribution in [0.15, 0.2) is 0 Å². The molecular formula is C4F10LiNO4S2. The summed E-state index contributed by atoms with van der Waals surface area (Å²) in [6.45, 7) is 0. The average molecular weight is 387 g/mol. The minimum atomic E-state index is -7.73. The summed E-state index contributed by atoms with van der Waals surface area (Å²) >= 11 is 0. The van der Waals surface area contributed by atoms with Gasteiger partial charge < -0.3 is 4.13 Å². The fourth-order valence-electron chi connectivity index (χ4n) is 0.545. The fraction of sp³-hybridized carbons (Fsp3) is 1.00. The van der Waals surface area contributed by atoms with Gasteiger partial charge in [-0.3, -0.25) is 0 Å². The fourth-order valence-corrected chi connectivity index (χ4v) is 2.73. The molecule has 0 aromatic carbocycles. The molecule has 0 aliphatic carbocycles. The Morgan fingerprint density at radius 2 is 0.955 bits per heavy atom. The van der Waals surface area contributed by atoms with Crippen molar-refractivity contribution in [3.05, 3.63) is 4.13 Å².